The van der Waals surface area contributed by atoms with Crippen molar-refractivity contribution in [3.63, 3.8) is 0 Å². The van der Waals surface area contributed by atoms with Gasteiger partial charge in [0.25, 0.3) is 5.91 Å². The molecule has 3 rings (SSSR count). The monoisotopic (exact) mass is 395 g/mol. The van der Waals surface area contributed by atoms with Gasteiger partial charge in [-0.3, -0.25) is 9.78 Å². The lowest BCUT2D eigenvalue weighted by atomic mass is 10.2. The highest BCUT2D eigenvalue weighted by molar-refractivity contribution is 7.89. The van der Waals surface area contributed by atoms with Crippen molar-refractivity contribution < 1.29 is 13.2 Å². The molecule has 0 aliphatic heterocycles. The summed E-state index contributed by atoms with van der Waals surface area (Å²) < 4.78 is 26.8. The number of hydrogen-bond acceptors (Lipinski definition) is 4. The number of nitrogens with one attached hydrogen (secondary N) is 1. The number of rotatable bonds is 7. The van der Waals surface area contributed by atoms with E-state index in [0.29, 0.717) is 12.1 Å². The van der Waals surface area contributed by atoms with E-state index in [9.17, 15) is 13.2 Å². The molecular weight excluding hydrogens is 374 g/mol. The first-order chi connectivity index (χ1) is 13.5. The van der Waals surface area contributed by atoms with Gasteiger partial charge in [-0.05, 0) is 42.0 Å². The molecule has 6 nitrogen and oxygen atoms in total. The van der Waals surface area contributed by atoms with E-state index >= 15 is 0 Å². The van der Waals surface area contributed by atoms with Gasteiger partial charge in [-0.2, -0.15) is 4.31 Å². The number of nitrogens with zero attached hydrogens (tertiary/aromatic N) is 2. The molecule has 1 amide bonds. The van der Waals surface area contributed by atoms with Gasteiger partial charge >= 0.3 is 0 Å². The molecular formula is C21H21N3O3S. The van der Waals surface area contributed by atoms with Crippen LogP contribution in [0.4, 0.5) is 0 Å². The Balaban J connectivity index is 1.66. The zero-order chi connectivity index (χ0) is 20.0. The topological polar surface area (TPSA) is 79.4 Å². The molecule has 1 N–H and O–H groups in total. The molecule has 0 saturated carbocycles. The van der Waals surface area contributed by atoms with E-state index < -0.39 is 10.0 Å². The summed E-state index contributed by atoms with van der Waals surface area (Å²) in [6, 6.07) is 20.8. The number of carbonyl (C=O) groups excluding carboxylic acids is 1. The zero-order valence-electron chi connectivity index (χ0n) is 15.4. The van der Waals surface area contributed by atoms with Crippen LogP contribution < -0.4 is 5.32 Å². The molecule has 2 aromatic carbocycles. The Bertz CT molecular complexity index is 1020. The van der Waals surface area contributed by atoms with Crippen molar-refractivity contribution in [1.82, 2.24) is 14.6 Å². The van der Waals surface area contributed by atoms with Crippen LogP contribution in [0.1, 0.15) is 21.6 Å². The number of aromatic nitrogens is 1. The molecule has 0 bridgehead atoms. The summed E-state index contributed by atoms with van der Waals surface area (Å²) in [7, 11) is -2.11. The summed E-state index contributed by atoms with van der Waals surface area (Å²) >= 11 is 0. The molecule has 1 aromatic heterocycles. The number of sulfonamides is 1. The van der Waals surface area contributed by atoms with Crippen LogP contribution in [0.2, 0.25) is 0 Å². The van der Waals surface area contributed by atoms with Gasteiger partial charge in [0.05, 0.1) is 17.1 Å². The number of pyridine rings is 1. The van der Waals surface area contributed by atoms with Crippen molar-refractivity contribution in [2.24, 2.45) is 0 Å². The first-order valence-electron chi connectivity index (χ1n) is 8.75. The minimum Gasteiger partial charge on any atom is -0.346 e. The third-order valence-corrected chi connectivity index (χ3v) is 6.05. The molecule has 28 heavy (non-hydrogen) atoms. The molecule has 0 saturated heterocycles. The molecule has 1 heterocycles. The van der Waals surface area contributed by atoms with Crippen LogP contribution in [0, 0.1) is 0 Å². The molecule has 0 fully saturated rings. The van der Waals surface area contributed by atoms with Crippen LogP contribution in [-0.4, -0.2) is 30.7 Å². The predicted octanol–water partition coefficient (Wildman–Crippen LogP) is 2.83. The second-order valence-corrected chi connectivity index (χ2v) is 8.32. The summed E-state index contributed by atoms with van der Waals surface area (Å²) in [4.78, 5) is 16.5. The van der Waals surface area contributed by atoms with Gasteiger partial charge in [-0.1, -0.05) is 36.4 Å². The van der Waals surface area contributed by atoms with Crippen molar-refractivity contribution in [3.8, 4) is 0 Å². The standard InChI is InChI=1S/C21H21N3O3S/c1-24(16-17-7-3-2-4-8-17)28(26,27)20-12-10-18(11-13-20)21(25)23-15-19-9-5-6-14-22-19/h2-14H,15-16H2,1H3,(H,23,25). The van der Waals surface area contributed by atoms with E-state index in [-0.39, 0.29) is 17.3 Å². The SMILES string of the molecule is CN(Cc1ccccc1)S(=O)(=O)c1ccc(C(=O)NCc2ccccn2)cc1. The molecule has 0 spiro atoms. The Morgan fingerprint density at radius 2 is 1.64 bits per heavy atom. The molecule has 0 atom stereocenters. The fourth-order valence-corrected chi connectivity index (χ4v) is 3.82. The number of carbonyl (C=O) groups is 1. The first kappa shape index (κ1) is 19.7. The molecule has 0 radical (unpaired) electrons. The smallest absolute Gasteiger partial charge is 0.251 e. The van der Waals surface area contributed by atoms with E-state index in [0.717, 1.165) is 11.3 Å². The van der Waals surface area contributed by atoms with Gasteiger partial charge in [-0.25, -0.2) is 8.42 Å². The van der Waals surface area contributed by atoms with Crippen LogP contribution in [0.5, 0.6) is 0 Å². The average Bonchev–Trinajstić information content (AvgIpc) is 2.73. The van der Waals surface area contributed by atoms with E-state index in [1.165, 1.54) is 35.6 Å². The molecule has 0 aliphatic rings. The van der Waals surface area contributed by atoms with Crippen molar-refractivity contribution in [1.29, 1.82) is 0 Å². The maximum atomic E-state index is 12.7. The molecule has 0 unspecified atom stereocenters. The molecule has 0 aliphatic carbocycles. The molecule has 144 valence electrons. The van der Waals surface area contributed by atoms with Crippen LogP contribution in [0.15, 0.2) is 83.9 Å². The van der Waals surface area contributed by atoms with Crippen molar-refractivity contribution in [3.05, 3.63) is 95.8 Å². The number of benzene rings is 2. The van der Waals surface area contributed by atoms with Crippen LogP contribution in [0.25, 0.3) is 0 Å². The highest BCUT2D eigenvalue weighted by atomic mass is 32.2. The highest BCUT2D eigenvalue weighted by Gasteiger charge is 2.21. The maximum absolute atomic E-state index is 12.7. The Morgan fingerprint density at radius 1 is 0.964 bits per heavy atom. The van der Waals surface area contributed by atoms with Gasteiger partial charge in [0, 0.05) is 25.4 Å². The highest BCUT2D eigenvalue weighted by Crippen LogP contribution is 2.17. The lowest BCUT2D eigenvalue weighted by molar-refractivity contribution is 0.0950. The average molecular weight is 395 g/mol. The lowest BCUT2D eigenvalue weighted by Crippen LogP contribution is -2.27. The number of amides is 1. The fraction of sp³-hybridized carbons (Fsp3) is 0.143. The summed E-state index contributed by atoms with van der Waals surface area (Å²) in [6.07, 6.45) is 1.66. The van der Waals surface area contributed by atoms with Crippen molar-refractivity contribution >= 4 is 15.9 Å². The minimum absolute atomic E-state index is 0.146. The van der Waals surface area contributed by atoms with E-state index in [2.05, 4.69) is 10.3 Å². The Morgan fingerprint density at radius 3 is 2.29 bits per heavy atom. The Hall–Kier alpha value is -3.03. The Labute approximate surface area is 164 Å². The van der Waals surface area contributed by atoms with Crippen LogP contribution >= 0.6 is 0 Å². The van der Waals surface area contributed by atoms with Gasteiger partial charge in [0.15, 0.2) is 0 Å². The number of hydrogen-bond donors (Lipinski definition) is 1. The molecule has 7 heteroatoms. The van der Waals surface area contributed by atoms with E-state index in [1.54, 1.807) is 12.3 Å². The van der Waals surface area contributed by atoms with Crippen LogP contribution in [0.3, 0.4) is 0 Å². The summed E-state index contributed by atoms with van der Waals surface area (Å²) in [5, 5.41) is 2.77. The third-order valence-electron chi connectivity index (χ3n) is 4.23. The van der Waals surface area contributed by atoms with E-state index in [1.807, 2.05) is 42.5 Å². The summed E-state index contributed by atoms with van der Waals surface area (Å²) in [5.41, 5.74) is 2.04. The van der Waals surface area contributed by atoms with Crippen molar-refractivity contribution in [2.45, 2.75) is 18.0 Å². The zero-order valence-corrected chi connectivity index (χ0v) is 16.3. The largest absolute Gasteiger partial charge is 0.346 e. The molecule has 3 aromatic rings. The second kappa shape index (κ2) is 8.77. The normalized spacial score (nSPS) is 11.4. The quantitative estimate of drug-likeness (QED) is 0.667. The second-order valence-electron chi connectivity index (χ2n) is 6.27. The van der Waals surface area contributed by atoms with Gasteiger partial charge in [-0.15, -0.1) is 0 Å². The van der Waals surface area contributed by atoms with Crippen molar-refractivity contribution in [2.75, 3.05) is 7.05 Å². The lowest BCUT2D eigenvalue weighted by Gasteiger charge is -2.17. The third kappa shape index (κ3) is 4.82. The summed E-state index contributed by atoms with van der Waals surface area (Å²) in [5.74, 6) is -0.285. The van der Waals surface area contributed by atoms with Crippen LogP contribution in [-0.2, 0) is 23.1 Å². The van der Waals surface area contributed by atoms with E-state index in [4.69, 9.17) is 0 Å². The van der Waals surface area contributed by atoms with Gasteiger partial charge in [0.2, 0.25) is 10.0 Å². The Kier molecular flexibility index (Phi) is 6.18. The maximum Gasteiger partial charge on any atom is 0.251 e. The van der Waals surface area contributed by atoms with Gasteiger partial charge in [0.1, 0.15) is 0 Å². The predicted molar refractivity (Wildman–Crippen MR) is 107 cm³/mol. The van der Waals surface area contributed by atoms with Gasteiger partial charge < -0.3 is 5.32 Å². The summed E-state index contributed by atoms with van der Waals surface area (Å²) in [6.45, 7) is 0.578. The minimum atomic E-state index is -3.64. The first-order valence-corrected chi connectivity index (χ1v) is 10.2. The fourth-order valence-electron chi connectivity index (χ4n) is 2.66.